The molecule has 0 amide bonds. The maximum absolute atomic E-state index is 5.81. The topological polar surface area (TPSA) is 64.1 Å². The summed E-state index contributed by atoms with van der Waals surface area (Å²) in [6.45, 7) is 6.02. The van der Waals surface area contributed by atoms with Crippen LogP contribution in [0.2, 0.25) is 0 Å². The van der Waals surface area contributed by atoms with Gasteiger partial charge in [-0.2, -0.15) is 0 Å². The first-order chi connectivity index (χ1) is 9.47. The number of aryl methyl sites for hydroxylation is 2. The predicted octanol–water partition coefficient (Wildman–Crippen LogP) is 2.97. The molecule has 20 heavy (non-hydrogen) atoms. The zero-order valence-corrected chi connectivity index (χ0v) is 12.8. The second-order valence-corrected chi connectivity index (χ2v) is 5.44. The van der Waals surface area contributed by atoms with Gasteiger partial charge in [-0.05, 0) is 44.5 Å². The van der Waals surface area contributed by atoms with E-state index in [0.29, 0.717) is 4.99 Å². The minimum Gasteiger partial charge on any atom is -0.469 e. The van der Waals surface area contributed by atoms with Gasteiger partial charge in [-0.15, -0.1) is 0 Å². The van der Waals surface area contributed by atoms with Crippen molar-refractivity contribution in [2.24, 2.45) is 5.73 Å². The molecule has 0 aliphatic heterocycles. The first kappa shape index (κ1) is 14.5. The van der Waals surface area contributed by atoms with Crippen LogP contribution in [0.4, 0.5) is 5.82 Å². The normalized spacial score (nSPS) is 12.2. The van der Waals surface area contributed by atoms with Crippen LogP contribution in [-0.4, -0.2) is 16.0 Å². The van der Waals surface area contributed by atoms with Crippen LogP contribution < -0.4 is 11.1 Å². The summed E-state index contributed by atoms with van der Waals surface area (Å²) in [6.07, 6.45) is 2.45. The van der Waals surface area contributed by atoms with Crippen molar-refractivity contribution in [1.29, 1.82) is 0 Å². The van der Waals surface area contributed by atoms with Crippen molar-refractivity contribution in [2.75, 3.05) is 5.32 Å². The Hall–Kier alpha value is -1.88. The summed E-state index contributed by atoms with van der Waals surface area (Å²) in [5.41, 5.74) is 8.61. The molecule has 0 saturated heterocycles. The van der Waals surface area contributed by atoms with Crippen molar-refractivity contribution >= 4 is 23.0 Å². The highest BCUT2D eigenvalue weighted by atomic mass is 32.1. The Morgan fingerprint density at radius 3 is 2.85 bits per heavy atom. The van der Waals surface area contributed by atoms with Gasteiger partial charge in [-0.25, -0.2) is 4.98 Å². The van der Waals surface area contributed by atoms with Gasteiger partial charge in [0.2, 0.25) is 0 Å². The lowest BCUT2D eigenvalue weighted by molar-refractivity contribution is 0.497. The van der Waals surface area contributed by atoms with E-state index in [0.717, 1.165) is 34.8 Å². The number of nitrogens with one attached hydrogen (secondary N) is 1. The van der Waals surface area contributed by atoms with Gasteiger partial charge in [0.15, 0.2) is 0 Å². The average molecular weight is 289 g/mol. The summed E-state index contributed by atoms with van der Waals surface area (Å²) in [5.74, 6) is 1.68. The highest BCUT2D eigenvalue weighted by molar-refractivity contribution is 7.80. The van der Waals surface area contributed by atoms with E-state index in [9.17, 15) is 0 Å². The third-order valence-electron chi connectivity index (χ3n) is 3.06. The van der Waals surface area contributed by atoms with E-state index in [1.807, 2.05) is 32.0 Å². The van der Waals surface area contributed by atoms with Crippen molar-refractivity contribution in [2.45, 2.75) is 33.2 Å². The third kappa shape index (κ3) is 3.36. The molecular weight excluding hydrogens is 270 g/mol. The molecule has 2 aromatic rings. The van der Waals surface area contributed by atoms with Gasteiger partial charge in [0, 0.05) is 18.2 Å². The lowest BCUT2D eigenvalue weighted by Gasteiger charge is -2.18. The van der Waals surface area contributed by atoms with Crippen molar-refractivity contribution in [1.82, 2.24) is 4.98 Å². The van der Waals surface area contributed by atoms with E-state index in [1.54, 1.807) is 6.26 Å². The molecule has 0 bridgehead atoms. The molecule has 0 aliphatic carbocycles. The van der Waals surface area contributed by atoms with E-state index in [2.05, 4.69) is 17.2 Å². The molecule has 0 saturated carbocycles. The Kier molecular flexibility index (Phi) is 4.39. The molecule has 3 N–H and O–H groups in total. The highest BCUT2D eigenvalue weighted by Crippen LogP contribution is 2.20. The molecular formula is C15H19N3OS. The SMILES string of the molecule is Cc1cc(C)c(C(N)=S)c(NC(C)Cc2ccco2)n1. The number of nitrogens with zero attached hydrogens (tertiary/aromatic N) is 1. The number of nitrogens with two attached hydrogens (primary N) is 1. The first-order valence-corrected chi connectivity index (χ1v) is 6.95. The van der Waals surface area contributed by atoms with Gasteiger partial charge >= 0.3 is 0 Å². The van der Waals surface area contributed by atoms with Gasteiger partial charge in [0.1, 0.15) is 16.6 Å². The van der Waals surface area contributed by atoms with Crippen LogP contribution in [0.25, 0.3) is 0 Å². The van der Waals surface area contributed by atoms with Gasteiger partial charge in [-0.3, -0.25) is 0 Å². The minimum absolute atomic E-state index is 0.169. The summed E-state index contributed by atoms with van der Waals surface area (Å²) in [6, 6.07) is 6.00. The molecule has 4 nitrogen and oxygen atoms in total. The van der Waals surface area contributed by atoms with Crippen LogP contribution in [0.3, 0.4) is 0 Å². The monoisotopic (exact) mass is 289 g/mol. The largest absolute Gasteiger partial charge is 0.469 e. The highest BCUT2D eigenvalue weighted by Gasteiger charge is 2.14. The van der Waals surface area contributed by atoms with Crippen LogP contribution in [-0.2, 0) is 6.42 Å². The van der Waals surface area contributed by atoms with Gasteiger partial charge in [0.25, 0.3) is 0 Å². The fraction of sp³-hybridized carbons (Fsp3) is 0.333. The number of hydrogen-bond donors (Lipinski definition) is 2. The summed E-state index contributed by atoms with van der Waals surface area (Å²) in [4.78, 5) is 4.88. The van der Waals surface area contributed by atoms with Crippen LogP contribution in [0.15, 0.2) is 28.9 Å². The van der Waals surface area contributed by atoms with E-state index >= 15 is 0 Å². The molecule has 0 aromatic carbocycles. The van der Waals surface area contributed by atoms with Crippen molar-refractivity contribution in [3.63, 3.8) is 0 Å². The zero-order chi connectivity index (χ0) is 14.7. The molecule has 106 valence electrons. The Labute approximate surface area is 124 Å². The zero-order valence-electron chi connectivity index (χ0n) is 11.9. The standard InChI is InChI=1S/C15H19N3OS/c1-9-7-10(2)17-15(13(9)14(16)20)18-11(3)8-12-5-4-6-19-12/h4-7,11H,8H2,1-3H3,(H2,16,20)(H,17,18). The van der Waals surface area contributed by atoms with Gasteiger partial charge < -0.3 is 15.5 Å². The number of pyridine rings is 1. The molecule has 5 heteroatoms. The number of furan rings is 1. The number of hydrogen-bond acceptors (Lipinski definition) is 4. The van der Waals surface area contributed by atoms with E-state index < -0.39 is 0 Å². The molecule has 0 aliphatic rings. The maximum Gasteiger partial charge on any atom is 0.136 e. The second-order valence-electron chi connectivity index (χ2n) is 5.00. The van der Waals surface area contributed by atoms with Crippen LogP contribution in [0, 0.1) is 13.8 Å². The Bertz CT molecular complexity index is 608. The number of aromatic nitrogens is 1. The smallest absolute Gasteiger partial charge is 0.136 e. The van der Waals surface area contributed by atoms with Crippen molar-refractivity contribution < 1.29 is 4.42 Å². The fourth-order valence-electron chi connectivity index (χ4n) is 2.27. The predicted molar refractivity (Wildman–Crippen MR) is 85.1 cm³/mol. The number of thiocarbonyl (C=S) groups is 1. The summed E-state index contributed by atoms with van der Waals surface area (Å²) < 4.78 is 5.36. The maximum atomic E-state index is 5.81. The van der Waals surface area contributed by atoms with E-state index in [1.165, 1.54) is 0 Å². The summed E-state index contributed by atoms with van der Waals surface area (Å²) in [5, 5.41) is 3.37. The van der Waals surface area contributed by atoms with E-state index in [4.69, 9.17) is 22.4 Å². The van der Waals surface area contributed by atoms with E-state index in [-0.39, 0.29) is 6.04 Å². The second kappa shape index (κ2) is 6.05. The molecule has 0 fully saturated rings. The summed E-state index contributed by atoms with van der Waals surface area (Å²) in [7, 11) is 0. The minimum atomic E-state index is 0.169. The average Bonchev–Trinajstić information content (AvgIpc) is 2.79. The van der Waals surface area contributed by atoms with Crippen LogP contribution in [0.1, 0.15) is 29.5 Å². The van der Waals surface area contributed by atoms with Crippen LogP contribution in [0.5, 0.6) is 0 Å². The molecule has 2 heterocycles. The molecule has 2 rings (SSSR count). The fourth-order valence-corrected chi connectivity index (χ4v) is 2.52. The lowest BCUT2D eigenvalue weighted by atomic mass is 10.1. The quantitative estimate of drug-likeness (QED) is 0.829. The summed E-state index contributed by atoms with van der Waals surface area (Å²) >= 11 is 5.13. The molecule has 1 unspecified atom stereocenters. The van der Waals surface area contributed by atoms with Gasteiger partial charge in [-0.1, -0.05) is 12.2 Å². The van der Waals surface area contributed by atoms with Crippen LogP contribution >= 0.6 is 12.2 Å². The molecule has 1 atom stereocenters. The van der Waals surface area contributed by atoms with Crippen molar-refractivity contribution in [3.05, 3.63) is 47.0 Å². The molecule has 0 radical (unpaired) electrons. The Morgan fingerprint density at radius 2 is 2.25 bits per heavy atom. The number of anilines is 1. The number of rotatable bonds is 5. The van der Waals surface area contributed by atoms with Crippen molar-refractivity contribution in [3.8, 4) is 0 Å². The third-order valence-corrected chi connectivity index (χ3v) is 3.27. The lowest BCUT2D eigenvalue weighted by Crippen LogP contribution is -2.23. The molecule has 0 spiro atoms. The van der Waals surface area contributed by atoms with Gasteiger partial charge in [0.05, 0.1) is 11.8 Å². The Balaban J connectivity index is 2.21. The first-order valence-electron chi connectivity index (χ1n) is 6.54. The Morgan fingerprint density at radius 1 is 1.50 bits per heavy atom. The molecule has 2 aromatic heterocycles.